The molecule has 24 heavy (non-hydrogen) atoms. The maximum atomic E-state index is 11.9. The lowest BCUT2D eigenvalue weighted by atomic mass is 10.1. The van der Waals surface area contributed by atoms with Crippen LogP contribution in [-0.4, -0.2) is 23.5 Å². The average molecular weight is 328 g/mol. The van der Waals surface area contributed by atoms with Crippen molar-refractivity contribution in [3.05, 3.63) is 70.3 Å². The van der Waals surface area contributed by atoms with Crippen molar-refractivity contribution in [2.45, 2.75) is 25.8 Å². The first-order valence-corrected chi connectivity index (χ1v) is 7.75. The number of rotatable bonds is 8. The summed E-state index contributed by atoms with van der Waals surface area (Å²) in [6.45, 7) is 1.83. The fourth-order valence-electron chi connectivity index (χ4n) is 2.23. The molecule has 0 radical (unpaired) electrons. The summed E-state index contributed by atoms with van der Waals surface area (Å²) in [4.78, 5) is 22.0. The highest BCUT2D eigenvalue weighted by Gasteiger charge is 2.09. The summed E-state index contributed by atoms with van der Waals surface area (Å²) >= 11 is 0. The first kappa shape index (κ1) is 17.5. The van der Waals surface area contributed by atoms with E-state index < -0.39 is 4.92 Å². The van der Waals surface area contributed by atoms with Crippen molar-refractivity contribution in [1.29, 1.82) is 0 Å². The van der Waals surface area contributed by atoms with Gasteiger partial charge in [0, 0.05) is 18.2 Å². The van der Waals surface area contributed by atoms with E-state index in [0.717, 1.165) is 12.8 Å². The number of amides is 1. The normalized spacial score (nSPS) is 11.5. The van der Waals surface area contributed by atoms with Crippen LogP contribution in [0.5, 0.6) is 5.75 Å². The topological polar surface area (TPSA) is 81.5 Å². The van der Waals surface area contributed by atoms with Gasteiger partial charge < -0.3 is 10.1 Å². The summed E-state index contributed by atoms with van der Waals surface area (Å²) in [5.74, 6) is 0.210. The highest BCUT2D eigenvalue weighted by molar-refractivity contribution is 5.77. The number of hydrogen-bond donors (Lipinski definition) is 1. The zero-order chi connectivity index (χ0) is 17.4. The molecule has 1 N–H and O–H groups in total. The SMILES string of the molecule is C[C@H](CCc1ccccc1)NC(=O)COc1ccc([N+](=O)[O-])cc1. The van der Waals surface area contributed by atoms with E-state index in [1.54, 1.807) is 0 Å². The van der Waals surface area contributed by atoms with Crippen molar-refractivity contribution in [3.63, 3.8) is 0 Å². The van der Waals surface area contributed by atoms with Crippen molar-refractivity contribution in [3.8, 4) is 5.75 Å². The molecule has 0 aliphatic rings. The van der Waals surface area contributed by atoms with E-state index in [0.29, 0.717) is 5.75 Å². The van der Waals surface area contributed by atoms with Gasteiger partial charge in [0.1, 0.15) is 5.75 Å². The van der Waals surface area contributed by atoms with Crippen LogP contribution in [0, 0.1) is 10.1 Å². The number of nitro groups is 1. The van der Waals surface area contributed by atoms with Crippen LogP contribution in [0.2, 0.25) is 0 Å². The first-order valence-electron chi connectivity index (χ1n) is 7.75. The summed E-state index contributed by atoms with van der Waals surface area (Å²) in [5, 5.41) is 13.4. The van der Waals surface area contributed by atoms with Crippen molar-refractivity contribution in [2.75, 3.05) is 6.61 Å². The van der Waals surface area contributed by atoms with Gasteiger partial charge in [-0.05, 0) is 37.5 Å². The van der Waals surface area contributed by atoms with E-state index in [2.05, 4.69) is 17.4 Å². The van der Waals surface area contributed by atoms with Crippen molar-refractivity contribution >= 4 is 11.6 Å². The van der Waals surface area contributed by atoms with Gasteiger partial charge in [0.2, 0.25) is 0 Å². The Hall–Kier alpha value is -2.89. The standard InChI is InChI=1S/C18H20N2O4/c1-14(7-8-15-5-3-2-4-6-15)19-18(21)13-24-17-11-9-16(10-12-17)20(22)23/h2-6,9-12,14H,7-8,13H2,1H3,(H,19,21)/t14-/m1/s1. The van der Waals surface area contributed by atoms with Gasteiger partial charge in [-0.15, -0.1) is 0 Å². The van der Waals surface area contributed by atoms with Gasteiger partial charge in [-0.25, -0.2) is 0 Å². The predicted octanol–water partition coefficient (Wildman–Crippen LogP) is 3.11. The summed E-state index contributed by atoms with van der Waals surface area (Å²) in [6, 6.07) is 15.8. The second-order valence-corrected chi connectivity index (χ2v) is 5.53. The number of nitro benzene ring substituents is 1. The largest absolute Gasteiger partial charge is 0.484 e. The molecule has 0 saturated heterocycles. The highest BCUT2D eigenvalue weighted by Crippen LogP contribution is 2.17. The molecule has 0 unspecified atom stereocenters. The molecule has 0 saturated carbocycles. The van der Waals surface area contributed by atoms with E-state index in [-0.39, 0.29) is 24.2 Å². The third-order valence-electron chi connectivity index (χ3n) is 3.53. The predicted molar refractivity (Wildman–Crippen MR) is 91.0 cm³/mol. The fraction of sp³-hybridized carbons (Fsp3) is 0.278. The Morgan fingerprint density at radius 1 is 1.17 bits per heavy atom. The zero-order valence-electron chi connectivity index (χ0n) is 13.5. The highest BCUT2D eigenvalue weighted by atomic mass is 16.6. The lowest BCUT2D eigenvalue weighted by molar-refractivity contribution is -0.384. The van der Waals surface area contributed by atoms with Crippen LogP contribution in [0.25, 0.3) is 0 Å². The molecule has 0 spiro atoms. The molecule has 1 atom stereocenters. The van der Waals surface area contributed by atoms with Gasteiger partial charge in [-0.1, -0.05) is 30.3 Å². The Kier molecular flexibility index (Phi) is 6.31. The Labute approximate surface area is 140 Å². The van der Waals surface area contributed by atoms with Gasteiger partial charge in [0.05, 0.1) is 4.92 Å². The van der Waals surface area contributed by atoms with Crippen LogP contribution in [0.15, 0.2) is 54.6 Å². The molecule has 0 bridgehead atoms. The summed E-state index contributed by atoms with van der Waals surface area (Å²) < 4.78 is 5.33. The van der Waals surface area contributed by atoms with Crippen LogP contribution >= 0.6 is 0 Å². The van der Waals surface area contributed by atoms with Crippen LogP contribution in [0.3, 0.4) is 0 Å². The lowest BCUT2D eigenvalue weighted by Crippen LogP contribution is -2.36. The summed E-state index contributed by atoms with van der Waals surface area (Å²) in [7, 11) is 0. The molecule has 2 aromatic carbocycles. The van der Waals surface area contributed by atoms with Gasteiger partial charge in [-0.2, -0.15) is 0 Å². The number of non-ortho nitro benzene ring substituents is 1. The molecule has 2 rings (SSSR count). The van der Waals surface area contributed by atoms with E-state index >= 15 is 0 Å². The Bertz CT molecular complexity index is 671. The monoisotopic (exact) mass is 328 g/mol. The van der Waals surface area contributed by atoms with Gasteiger partial charge in [-0.3, -0.25) is 14.9 Å². The Morgan fingerprint density at radius 2 is 1.83 bits per heavy atom. The van der Waals surface area contributed by atoms with Crippen molar-refractivity contribution < 1.29 is 14.5 Å². The van der Waals surface area contributed by atoms with Gasteiger partial charge in [0.25, 0.3) is 11.6 Å². The smallest absolute Gasteiger partial charge is 0.269 e. The zero-order valence-corrected chi connectivity index (χ0v) is 13.5. The minimum absolute atomic E-state index is 0.0127. The minimum atomic E-state index is -0.481. The number of benzene rings is 2. The lowest BCUT2D eigenvalue weighted by Gasteiger charge is -2.14. The fourth-order valence-corrected chi connectivity index (χ4v) is 2.23. The Balaban J connectivity index is 1.71. The number of nitrogens with one attached hydrogen (secondary N) is 1. The molecule has 0 heterocycles. The number of nitrogens with zero attached hydrogens (tertiary/aromatic N) is 1. The number of ether oxygens (including phenoxy) is 1. The molecule has 1 amide bonds. The number of hydrogen-bond acceptors (Lipinski definition) is 4. The first-order chi connectivity index (χ1) is 11.5. The van der Waals surface area contributed by atoms with E-state index in [1.165, 1.54) is 29.8 Å². The second-order valence-electron chi connectivity index (χ2n) is 5.53. The van der Waals surface area contributed by atoms with Crippen LogP contribution < -0.4 is 10.1 Å². The molecule has 0 aromatic heterocycles. The molecule has 2 aromatic rings. The molecule has 0 aliphatic carbocycles. The van der Waals surface area contributed by atoms with E-state index in [4.69, 9.17) is 4.74 Å². The van der Waals surface area contributed by atoms with E-state index in [9.17, 15) is 14.9 Å². The van der Waals surface area contributed by atoms with Gasteiger partial charge in [0.15, 0.2) is 6.61 Å². The van der Waals surface area contributed by atoms with E-state index in [1.807, 2.05) is 25.1 Å². The maximum absolute atomic E-state index is 11.9. The number of carbonyl (C=O) groups is 1. The second kappa shape index (κ2) is 8.67. The van der Waals surface area contributed by atoms with Crippen LogP contribution in [-0.2, 0) is 11.2 Å². The maximum Gasteiger partial charge on any atom is 0.269 e. The number of aryl methyl sites for hydroxylation is 1. The van der Waals surface area contributed by atoms with Crippen LogP contribution in [0.1, 0.15) is 18.9 Å². The molecule has 0 fully saturated rings. The third-order valence-corrected chi connectivity index (χ3v) is 3.53. The Morgan fingerprint density at radius 3 is 2.46 bits per heavy atom. The molecule has 0 aliphatic heterocycles. The summed E-state index contributed by atoms with van der Waals surface area (Å²) in [5.41, 5.74) is 1.22. The molecule has 126 valence electrons. The molecular weight excluding hydrogens is 308 g/mol. The number of carbonyl (C=O) groups excluding carboxylic acids is 1. The molecule has 6 nitrogen and oxygen atoms in total. The van der Waals surface area contributed by atoms with Crippen LogP contribution in [0.4, 0.5) is 5.69 Å². The van der Waals surface area contributed by atoms with Gasteiger partial charge >= 0.3 is 0 Å². The quantitative estimate of drug-likeness (QED) is 0.596. The summed E-state index contributed by atoms with van der Waals surface area (Å²) in [6.07, 6.45) is 1.73. The average Bonchev–Trinajstić information content (AvgIpc) is 2.59. The molecule has 6 heteroatoms. The minimum Gasteiger partial charge on any atom is -0.484 e. The molecular formula is C18H20N2O4. The van der Waals surface area contributed by atoms with Crippen molar-refractivity contribution in [2.24, 2.45) is 0 Å². The third kappa shape index (κ3) is 5.72. The van der Waals surface area contributed by atoms with Crippen molar-refractivity contribution in [1.82, 2.24) is 5.32 Å².